The number of imidazole rings is 1. The zero-order chi connectivity index (χ0) is 16.3. The predicted molar refractivity (Wildman–Crippen MR) is 84.9 cm³/mol. The Labute approximate surface area is 131 Å². The van der Waals surface area contributed by atoms with Crippen LogP contribution in [0.2, 0.25) is 0 Å². The minimum Gasteiger partial charge on any atom is -0.325 e. The summed E-state index contributed by atoms with van der Waals surface area (Å²) in [5.74, 6) is 0.512. The van der Waals surface area contributed by atoms with Crippen molar-refractivity contribution >= 4 is 5.65 Å². The Morgan fingerprint density at radius 2 is 1.96 bits per heavy atom. The molecule has 0 unspecified atom stereocenters. The van der Waals surface area contributed by atoms with Gasteiger partial charge in [0, 0.05) is 33.0 Å². The van der Waals surface area contributed by atoms with Gasteiger partial charge in [-0.2, -0.15) is 4.68 Å². The summed E-state index contributed by atoms with van der Waals surface area (Å²) in [6, 6.07) is 1.96. The topological polar surface area (TPSA) is 92.2 Å². The molecule has 8 nitrogen and oxygen atoms in total. The van der Waals surface area contributed by atoms with Crippen LogP contribution in [0.3, 0.4) is 0 Å². The van der Waals surface area contributed by atoms with E-state index in [1.807, 2.05) is 22.9 Å². The van der Waals surface area contributed by atoms with Crippen molar-refractivity contribution in [3.05, 3.63) is 50.7 Å². The Balaban J connectivity index is 2.09. The molecule has 0 aliphatic heterocycles. The lowest BCUT2D eigenvalue weighted by Crippen LogP contribution is -2.25. The van der Waals surface area contributed by atoms with Gasteiger partial charge in [0.1, 0.15) is 5.69 Å². The highest BCUT2D eigenvalue weighted by Crippen LogP contribution is 2.40. The normalized spacial score (nSPS) is 14.7. The summed E-state index contributed by atoms with van der Waals surface area (Å²) in [6.45, 7) is 0.322. The zero-order valence-electron chi connectivity index (χ0n) is 13.1. The highest BCUT2D eigenvalue weighted by molar-refractivity contribution is 5.61. The SMILES string of the molecule is Cn1c(=O)n(C)n(-c2cc(C3CC3)cn3cc(CN)nc23)c1=O. The molecule has 0 radical (unpaired) electrons. The molecule has 0 saturated heterocycles. The van der Waals surface area contributed by atoms with Crippen LogP contribution >= 0.6 is 0 Å². The minimum atomic E-state index is -0.385. The fourth-order valence-electron chi connectivity index (χ4n) is 2.97. The second-order valence-electron chi connectivity index (χ2n) is 6.06. The average Bonchev–Trinajstić information content (AvgIpc) is 3.28. The lowest BCUT2D eigenvalue weighted by atomic mass is 10.2. The van der Waals surface area contributed by atoms with Gasteiger partial charge in [-0.3, -0.25) is 0 Å². The fourth-order valence-corrected chi connectivity index (χ4v) is 2.97. The van der Waals surface area contributed by atoms with Gasteiger partial charge in [-0.15, -0.1) is 0 Å². The summed E-state index contributed by atoms with van der Waals surface area (Å²) in [7, 11) is 3.05. The maximum absolute atomic E-state index is 12.5. The van der Waals surface area contributed by atoms with Crippen molar-refractivity contribution in [3.63, 3.8) is 0 Å². The number of pyridine rings is 1. The van der Waals surface area contributed by atoms with E-state index in [1.165, 1.54) is 16.4 Å². The molecule has 0 atom stereocenters. The monoisotopic (exact) mass is 314 g/mol. The van der Waals surface area contributed by atoms with Gasteiger partial charge in [-0.05, 0) is 30.4 Å². The summed E-state index contributed by atoms with van der Waals surface area (Å²) in [5.41, 5.74) is 8.07. The first-order valence-corrected chi connectivity index (χ1v) is 7.58. The second kappa shape index (κ2) is 4.69. The van der Waals surface area contributed by atoms with Crippen molar-refractivity contribution in [1.29, 1.82) is 0 Å². The molecule has 1 saturated carbocycles. The van der Waals surface area contributed by atoms with Gasteiger partial charge in [0.15, 0.2) is 5.65 Å². The van der Waals surface area contributed by atoms with Crippen LogP contribution < -0.4 is 17.1 Å². The van der Waals surface area contributed by atoms with Gasteiger partial charge in [0.25, 0.3) is 0 Å². The molecule has 0 aromatic carbocycles. The molecular formula is C15H18N6O2. The van der Waals surface area contributed by atoms with Gasteiger partial charge < -0.3 is 10.1 Å². The number of fused-ring (bicyclic) bond motifs is 1. The van der Waals surface area contributed by atoms with E-state index in [0.29, 0.717) is 23.8 Å². The van der Waals surface area contributed by atoms with Crippen LogP contribution in [0.15, 0.2) is 28.0 Å². The van der Waals surface area contributed by atoms with E-state index < -0.39 is 0 Å². The van der Waals surface area contributed by atoms with Crippen LogP contribution in [0.1, 0.15) is 30.0 Å². The number of rotatable bonds is 3. The first-order chi connectivity index (χ1) is 11.0. The Kier molecular flexibility index (Phi) is 2.86. The van der Waals surface area contributed by atoms with Gasteiger partial charge in [0.2, 0.25) is 0 Å². The molecule has 1 aliphatic rings. The number of aromatic nitrogens is 5. The molecule has 3 aromatic heterocycles. The van der Waals surface area contributed by atoms with Crippen molar-refractivity contribution in [2.75, 3.05) is 0 Å². The van der Waals surface area contributed by atoms with Gasteiger partial charge in [-0.25, -0.2) is 23.8 Å². The quantitative estimate of drug-likeness (QED) is 0.728. The predicted octanol–water partition coefficient (Wildman–Crippen LogP) is -0.142. The van der Waals surface area contributed by atoms with Crippen LogP contribution in [-0.4, -0.2) is 23.3 Å². The molecule has 1 aliphatic carbocycles. The molecule has 0 spiro atoms. The van der Waals surface area contributed by atoms with Gasteiger partial charge >= 0.3 is 11.4 Å². The third kappa shape index (κ3) is 1.98. The molecule has 120 valence electrons. The molecule has 4 rings (SSSR count). The zero-order valence-corrected chi connectivity index (χ0v) is 13.1. The first-order valence-electron chi connectivity index (χ1n) is 7.58. The van der Waals surface area contributed by atoms with E-state index in [0.717, 1.165) is 28.7 Å². The lowest BCUT2D eigenvalue weighted by Gasteiger charge is -2.09. The standard InChI is InChI=1S/C15H18N6O2/c1-18-14(22)19(2)21(15(18)23)12-5-10(9-3-4-9)7-20-8-11(6-16)17-13(12)20/h5,7-9H,3-4,6,16H2,1-2H3. The van der Waals surface area contributed by atoms with E-state index >= 15 is 0 Å². The highest BCUT2D eigenvalue weighted by Gasteiger charge is 2.26. The molecule has 1 fully saturated rings. The fraction of sp³-hybridized carbons (Fsp3) is 0.400. The summed E-state index contributed by atoms with van der Waals surface area (Å²) in [5, 5.41) is 0. The number of hydrogen-bond donors (Lipinski definition) is 1. The molecular weight excluding hydrogens is 296 g/mol. The summed E-state index contributed by atoms with van der Waals surface area (Å²) >= 11 is 0. The van der Waals surface area contributed by atoms with Crippen LogP contribution in [-0.2, 0) is 20.6 Å². The van der Waals surface area contributed by atoms with Crippen molar-refractivity contribution < 1.29 is 0 Å². The third-order valence-electron chi connectivity index (χ3n) is 4.42. The van der Waals surface area contributed by atoms with Gasteiger partial charge in [0.05, 0.1) is 5.69 Å². The average molecular weight is 314 g/mol. The molecule has 2 N–H and O–H groups in total. The van der Waals surface area contributed by atoms with E-state index in [9.17, 15) is 9.59 Å². The van der Waals surface area contributed by atoms with E-state index in [1.54, 1.807) is 7.05 Å². The maximum atomic E-state index is 12.5. The van der Waals surface area contributed by atoms with E-state index in [-0.39, 0.29) is 11.4 Å². The van der Waals surface area contributed by atoms with Crippen LogP contribution in [0, 0.1) is 0 Å². The summed E-state index contributed by atoms with van der Waals surface area (Å²) in [4.78, 5) is 29.0. The maximum Gasteiger partial charge on any atom is 0.351 e. The molecule has 8 heteroatoms. The Hall–Kier alpha value is -2.61. The van der Waals surface area contributed by atoms with E-state index in [4.69, 9.17) is 5.73 Å². The summed E-state index contributed by atoms with van der Waals surface area (Å²) < 4.78 is 5.67. The van der Waals surface area contributed by atoms with Crippen LogP contribution in [0.25, 0.3) is 11.3 Å². The molecule has 0 amide bonds. The van der Waals surface area contributed by atoms with Crippen molar-refractivity contribution in [1.82, 2.24) is 23.3 Å². The Morgan fingerprint density at radius 3 is 2.52 bits per heavy atom. The third-order valence-corrected chi connectivity index (χ3v) is 4.42. The smallest absolute Gasteiger partial charge is 0.325 e. The van der Waals surface area contributed by atoms with Crippen molar-refractivity contribution in [3.8, 4) is 5.69 Å². The lowest BCUT2D eigenvalue weighted by molar-refractivity contribution is 0.627. The minimum absolute atomic E-state index is 0.322. The highest BCUT2D eigenvalue weighted by atomic mass is 16.2. The van der Waals surface area contributed by atoms with Crippen LogP contribution in [0.4, 0.5) is 0 Å². The molecule has 3 heterocycles. The second-order valence-corrected chi connectivity index (χ2v) is 6.06. The molecule has 23 heavy (non-hydrogen) atoms. The molecule has 3 aromatic rings. The van der Waals surface area contributed by atoms with Crippen molar-refractivity contribution in [2.24, 2.45) is 19.8 Å². The van der Waals surface area contributed by atoms with E-state index in [2.05, 4.69) is 4.98 Å². The number of hydrogen-bond acceptors (Lipinski definition) is 4. The Bertz CT molecular complexity index is 1030. The number of nitrogens with zero attached hydrogens (tertiary/aromatic N) is 5. The largest absolute Gasteiger partial charge is 0.351 e. The molecule has 0 bridgehead atoms. The van der Waals surface area contributed by atoms with Crippen molar-refractivity contribution in [2.45, 2.75) is 25.3 Å². The van der Waals surface area contributed by atoms with Crippen LogP contribution in [0.5, 0.6) is 0 Å². The van der Waals surface area contributed by atoms with Gasteiger partial charge in [-0.1, -0.05) is 0 Å². The first kappa shape index (κ1) is 14.0. The Morgan fingerprint density at radius 1 is 1.22 bits per heavy atom. The summed E-state index contributed by atoms with van der Waals surface area (Å²) in [6.07, 6.45) is 6.20. The number of nitrogens with two attached hydrogens (primary N) is 1.